The molecule has 0 spiro atoms. The van der Waals surface area contributed by atoms with Crippen molar-refractivity contribution in [1.82, 2.24) is 0 Å². The van der Waals surface area contributed by atoms with Crippen LogP contribution in [0.5, 0.6) is 0 Å². The summed E-state index contributed by atoms with van der Waals surface area (Å²) in [6, 6.07) is 0. The fourth-order valence-corrected chi connectivity index (χ4v) is 3.65. The fraction of sp³-hybridized carbons (Fsp3) is 0.957. The maximum Gasteiger partial charge on any atom is 0.338 e. The molecule has 4 nitrogen and oxygen atoms in total. The van der Waals surface area contributed by atoms with Crippen LogP contribution in [0.1, 0.15) is 129 Å². The third-order valence-electron chi connectivity index (χ3n) is 5.66. The number of hydrogen-bond donors (Lipinski definition) is 3. The van der Waals surface area contributed by atoms with Crippen molar-refractivity contribution < 1.29 is 20.1 Å². The molecule has 0 radical (unpaired) electrons. The molecule has 0 aliphatic heterocycles. The van der Waals surface area contributed by atoms with Crippen molar-refractivity contribution >= 4 is 5.97 Å². The Labute approximate surface area is 167 Å². The highest BCUT2D eigenvalue weighted by Crippen LogP contribution is 2.24. The normalized spacial score (nSPS) is 14.8. The lowest BCUT2D eigenvalue weighted by atomic mass is 9.87. The highest BCUT2D eigenvalue weighted by atomic mass is 16.4. The van der Waals surface area contributed by atoms with Gasteiger partial charge in [0.05, 0.1) is 6.10 Å². The summed E-state index contributed by atoms with van der Waals surface area (Å²) < 4.78 is 0. The minimum absolute atomic E-state index is 0.148. The number of carboxylic acids is 1. The third kappa shape index (κ3) is 13.2. The molecular weight excluding hydrogens is 340 g/mol. The first-order valence-corrected chi connectivity index (χ1v) is 11.6. The topological polar surface area (TPSA) is 77.8 Å². The van der Waals surface area contributed by atoms with Crippen molar-refractivity contribution in [2.24, 2.45) is 0 Å². The highest BCUT2D eigenvalue weighted by Gasteiger charge is 2.42. The molecule has 27 heavy (non-hydrogen) atoms. The molecule has 0 aliphatic rings. The predicted molar refractivity (Wildman–Crippen MR) is 113 cm³/mol. The van der Waals surface area contributed by atoms with Gasteiger partial charge in [0.2, 0.25) is 0 Å². The van der Waals surface area contributed by atoms with Gasteiger partial charge in [-0.25, -0.2) is 4.79 Å². The molecule has 0 saturated heterocycles. The van der Waals surface area contributed by atoms with E-state index in [4.69, 9.17) is 0 Å². The molecular formula is C23H46O4. The third-order valence-corrected chi connectivity index (χ3v) is 5.66. The second-order valence-electron chi connectivity index (χ2n) is 8.23. The average molecular weight is 387 g/mol. The monoisotopic (exact) mass is 386 g/mol. The van der Waals surface area contributed by atoms with Crippen LogP contribution in [0.25, 0.3) is 0 Å². The van der Waals surface area contributed by atoms with Crippen LogP contribution in [-0.2, 0) is 4.79 Å². The van der Waals surface area contributed by atoms with E-state index in [2.05, 4.69) is 13.8 Å². The number of aliphatic carboxylic acids is 1. The second kappa shape index (κ2) is 17.5. The van der Waals surface area contributed by atoms with Crippen molar-refractivity contribution in [2.45, 2.75) is 141 Å². The van der Waals surface area contributed by atoms with Gasteiger partial charge in [0.1, 0.15) is 0 Å². The van der Waals surface area contributed by atoms with Gasteiger partial charge in [0, 0.05) is 0 Å². The standard InChI is InChI=1S/C23H46O4/c1-3-5-7-9-11-13-15-17-19-21(24)23(27,22(25)26)20-18-16-14-12-10-8-6-4-2/h21,24,27H,3-20H2,1-2H3,(H,25,26). The number of hydrogen-bond acceptors (Lipinski definition) is 3. The Morgan fingerprint density at radius 3 is 1.48 bits per heavy atom. The van der Waals surface area contributed by atoms with E-state index in [-0.39, 0.29) is 6.42 Å². The van der Waals surface area contributed by atoms with Crippen LogP contribution >= 0.6 is 0 Å². The van der Waals surface area contributed by atoms with Crippen molar-refractivity contribution in [3.05, 3.63) is 0 Å². The van der Waals surface area contributed by atoms with E-state index in [1.807, 2.05) is 0 Å². The summed E-state index contributed by atoms with van der Waals surface area (Å²) in [5.74, 6) is -1.28. The van der Waals surface area contributed by atoms with Gasteiger partial charge in [-0.15, -0.1) is 0 Å². The van der Waals surface area contributed by atoms with E-state index < -0.39 is 17.7 Å². The lowest BCUT2D eigenvalue weighted by molar-refractivity contribution is -0.173. The Bertz CT molecular complexity index is 345. The Morgan fingerprint density at radius 1 is 0.704 bits per heavy atom. The minimum Gasteiger partial charge on any atom is -0.479 e. The number of carbonyl (C=O) groups is 1. The zero-order chi connectivity index (χ0) is 20.4. The SMILES string of the molecule is CCCCCCCCCCC(O)C(O)(CCCCCCCCCC)C(=O)O. The fourth-order valence-electron chi connectivity index (χ4n) is 3.65. The molecule has 0 aromatic rings. The molecule has 2 atom stereocenters. The molecule has 0 aliphatic carbocycles. The molecule has 0 heterocycles. The van der Waals surface area contributed by atoms with Crippen LogP contribution in [0.4, 0.5) is 0 Å². The first-order valence-electron chi connectivity index (χ1n) is 11.6. The summed E-state index contributed by atoms with van der Waals surface area (Å²) in [6.45, 7) is 4.41. The van der Waals surface area contributed by atoms with E-state index in [0.29, 0.717) is 12.8 Å². The van der Waals surface area contributed by atoms with Gasteiger partial charge in [-0.05, 0) is 19.3 Å². The molecule has 162 valence electrons. The van der Waals surface area contributed by atoms with Crippen molar-refractivity contribution in [2.75, 3.05) is 0 Å². The summed E-state index contributed by atoms with van der Waals surface area (Å²) in [6.07, 6.45) is 17.4. The molecule has 0 fully saturated rings. The van der Waals surface area contributed by atoms with Gasteiger partial charge in [0.15, 0.2) is 5.60 Å². The number of aliphatic hydroxyl groups excluding tert-OH is 1. The number of unbranched alkanes of at least 4 members (excludes halogenated alkanes) is 14. The van der Waals surface area contributed by atoms with Gasteiger partial charge >= 0.3 is 5.97 Å². The predicted octanol–water partition coefficient (Wildman–Crippen LogP) is 6.22. The van der Waals surface area contributed by atoms with E-state index in [1.165, 1.54) is 64.2 Å². The maximum absolute atomic E-state index is 11.5. The Hall–Kier alpha value is -0.610. The molecule has 0 amide bonds. The lowest BCUT2D eigenvalue weighted by Gasteiger charge is -2.29. The molecule has 0 rings (SSSR count). The number of rotatable bonds is 20. The molecule has 0 aromatic carbocycles. The molecule has 0 aromatic heterocycles. The summed E-state index contributed by atoms with van der Waals surface area (Å²) in [5.41, 5.74) is -1.98. The van der Waals surface area contributed by atoms with Gasteiger partial charge in [-0.1, -0.05) is 110 Å². The van der Waals surface area contributed by atoms with Crippen molar-refractivity contribution in [3.8, 4) is 0 Å². The van der Waals surface area contributed by atoms with Crippen LogP contribution in [0, 0.1) is 0 Å². The number of carboxylic acid groups (broad SMARTS) is 1. The van der Waals surface area contributed by atoms with Crippen molar-refractivity contribution in [1.29, 1.82) is 0 Å². The summed E-state index contributed by atoms with van der Waals surface area (Å²) in [4.78, 5) is 11.5. The first kappa shape index (κ1) is 26.4. The van der Waals surface area contributed by atoms with Crippen LogP contribution in [0.15, 0.2) is 0 Å². The minimum atomic E-state index is -1.98. The van der Waals surface area contributed by atoms with Crippen LogP contribution < -0.4 is 0 Å². The van der Waals surface area contributed by atoms with Crippen LogP contribution in [-0.4, -0.2) is 33.0 Å². The van der Waals surface area contributed by atoms with Crippen LogP contribution in [0.3, 0.4) is 0 Å². The van der Waals surface area contributed by atoms with Crippen molar-refractivity contribution in [3.63, 3.8) is 0 Å². The van der Waals surface area contributed by atoms with Gasteiger partial charge in [0.25, 0.3) is 0 Å². The maximum atomic E-state index is 11.5. The smallest absolute Gasteiger partial charge is 0.338 e. The van der Waals surface area contributed by atoms with Crippen LogP contribution in [0.2, 0.25) is 0 Å². The second-order valence-corrected chi connectivity index (χ2v) is 8.23. The van der Waals surface area contributed by atoms with Gasteiger partial charge in [-0.3, -0.25) is 0 Å². The average Bonchev–Trinajstić information content (AvgIpc) is 2.65. The molecule has 4 heteroatoms. The number of aliphatic hydroxyl groups is 2. The molecule has 2 unspecified atom stereocenters. The quantitative estimate of drug-likeness (QED) is 0.217. The zero-order valence-corrected chi connectivity index (χ0v) is 18.1. The largest absolute Gasteiger partial charge is 0.479 e. The highest BCUT2D eigenvalue weighted by molar-refractivity contribution is 5.77. The molecule has 3 N–H and O–H groups in total. The summed E-state index contributed by atoms with van der Waals surface area (Å²) in [7, 11) is 0. The van der Waals surface area contributed by atoms with Gasteiger partial charge < -0.3 is 15.3 Å². The van der Waals surface area contributed by atoms with Gasteiger partial charge in [-0.2, -0.15) is 0 Å². The Kier molecular flexibility index (Phi) is 17.1. The van der Waals surface area contributed by atoms with E-state index in [9.17, 15) is 20.1 Å². The molecule has 0 bridgehead atoms. The summed E-state index contributed by atoms with van der Waals surface area (Å²) in [5, 5.41) is 30.2. The first-order chi connectivity index (χ1) is 13.0. The Morgan fingerprint density at radius 2 is 1.07 bits per heavy atom. The van der Waals surface area contributed by atoms with E-state index in [0.717, 1.165) is 32.1 Å². The van der Waals surface area contributed by atoms with E-state index in [1.54, 1.807) is 0 Å². The Balaban J connectivity index is 3.93. The molecule has 0 saturated carbocycles. The van der Waals surface area contributed by atoms with E-state index >= 15 is 0 Å². The zero-order valence-electron chi connectivity index (χ0n) is 18.1. The lowest BCUT2D eigenvalue weighted by Crippen LogP contribution is -2.49. The summed E-state index contributed by atoms with van der Waals surface area (Å²) >= 11 is 0.